The van der Waals surface area contributed by atoms with E-state index in [0.717, 1.165) is 15.9 Å². The molecule has 0 aliphatic carbocycles. The summed E-state index contributed by atoms with van der Waals surface area (Å²) >= 11 is 7.17. The fraction of sp³-hybridized carbons (Fsp3) is 0.409. The zero-order valence-electron chi connectivity index (χ0n) is 17.3. The van der Waals surface area contributed by atoms with E-state index in [0.29, 0.717) is 43.7 Å². The second-order valence-electron chi connectivity index (χ2n) is 7.81. The fourth-order valence-corrected chi connectivity index (χ4v) is 6.54. The Balaban J connectivity index is 1.43. The van der Waals surface area contributed by atoms with Crippen LogP contribution in [0.1, 0.15) is 31.7 Å². The van der Waals surface area contributed by atoms with E-state index in [4.69, 9.17) is 12.2 Å². The van der Waals surface area contributed by atoms with Gasteiger partial charge >= 0.3 is 0 Å². The Morgan fingerprint density at radius 3 is 2.37 bits per heavy atom. The van der Waals surface area contributed by atoms with Crippen LogP contribution < -0.4 is 0 Å². The van der Waals surface area contributed by atoms with E-state index < -0.39 is 10.0 Å². The number of hydrogen-bond donors (Lipinski definition) is 0. The molecule has 4 rings (SSSR count). The van der Waals surface area contributed by atoms with E-state index >= 15 is 0 Å². The summed E-state index contributed by atoms with van der Waals surface area (Å²) in [6, 6.07) is 15.6. The van der Waals surface area contributed by atoms with Gasteiger partial charge in [-0.3, -0.25) is 4.90 Å². The molecule has 1 aromatic heterocycles. The quantitative estimate of drug-likeness (QED) is 0.489. The topological polar surface area (TPSA) is 45.6 Å². The number of rotatable bonds is 6. The highest BCUT2D eigenvalue weighted by Crippen LogP contribution is 2.25. The number of thiazole rings is 1. The maximum Gasteiger partial charge on any atom is 0.243 e. The Morgan fingerprint density at radius 1 is 1.03 bits per heavy atom. The van der Waals surface area contributed by atoms with E-state index in [1.54, 1.807) is 27.8 Å². The largest absolute Gasteiger partial charge is 0.309 e. The standard InChI is InChI=1S/C22H27N3O2S3/c1-3-17(2)18-8-10-19(11-9-18)30(26,27)24-14-12-23(13-15-24)16-25-20-6-4-5-7-21(20)29-22(25)28/h4-11,17H,3,12-16H2,1-2H3/t17-/m1/s1. The van der Waals surface area contributed by atoms with Gasteiger partial charge in [-0.05, 0) is 54.4 Å². The molecule has 2 heterocycles. The smallest absolute Gasteiger partial charge is 0.243 e. The van der Waals surface area contributed by atoms with Crippen LogP contribution in [0.4, 0.5) is 0 Å². The molecule has 0 unspecified atom stereocenters. The van der Waals surface area contributed by atoms with Crippen molar-refractivity contribution in [1.29, 1.82) is 0 Å². The minimum absolute atomic E-state index is 0.383. The fourth-order valence-electron chi connectivity index (χ4n) is 3.81. The number of aromatic nitrogens is 1. The summed E-state index contributed by atoms with van der Waals surface area (Å²) in [4.78, 5) is 2.65. The second-order valence-corrected chi connectivity index (χ2v) is 11.4. The molecule has 1 aliphatic heterocycles. The minimum atomic E-state index is -3.46. The number of piperazine rings is 1. The first-order valence-electron chi connectivity index (χ1n) is 10.3. The summed E-state index contributed by atoms with van der Waals surface area (Å²) in [6.07, 6.45) is 1.04. The molecule has 0 spiro atoms. The van der Waals surface area contributed by atoms with Crippen LogP contribution in [-0.2, 0) is 16.7 Å². The molecule has 0 N–H and O–H groups in total. The van der Waals surface area contributed by atoms with Crippen molar-refractivity contribution in [2.45, 2.75) is 37.8 Å². The lowest BCUT2D eigenvalue weighted by Crippen LogP contribution is -2.48. The van der Waals surface area contributed by atoms with Crippen molar-refractivity contribution in [2.24, 2.45) is 0 Å². The lowest BCUT2D eigenvalue weighted by atomic mass is 9.99. The lowest BCUT2D eigenvalue weighted by Gasteiger charge is -2.34. The van der Waals surface area contributed by atoms with Crippen molar-refractivity contribution in [3.05, 3.63) is 58.0 Å². The molecule has 0 radical (unpaired) electrons. The second kappa shape index (κ2) is 8.88. The summed E-state index contributed by atoms with van der Waals surface area (Å²) in [5.74, 6) is 0.435. The number of para-hydroxylation sites is 1. The van der Waals surface area contributed by atoms with Crippen LogP contribution in [0.25, 0.3) is 10.2 Å². The predicted octanol–water partition coefficient (Wildman–Crippen LogP) is 4.91. The summed E-state index contributed by atoms with van der Waals surface area (Å²) < 4.78 is 31.9. The van der Waals surface area contributed by atoms with Gasteiger partial charge in [0, 0.05) is 26.2 Å². The van der Waals surface area contributed by atoms with Gasteiger partial charge in [-0.25, -0.2) is 8.42 Å². The molecule has 2 aromatic carbocycles. The highest BCUT2D eigenvalue weighted by molar-refractivity contribution is 7.89. The molecule has 1 fully saturated rings. The highest BCUT2D eigenvalue weighted by Gasteiger charge is 2.28. The van der Waals surface area contributed by atoms with Crippen molar-refractivity contribution in [3.63, 3.8) is 0 Å². The maximum absolute atomic E-state index is 13.1. The van der Waals surface area contributed by atoms with Crippen LogP contribution in [-0.4, -0.2) is 48.4 Å². The van der Waals surface area contributed by atoms with E-state index in [9.17, 15) is 8.42 Å². The van der Waals surface area contributed by atoms with Crippen LogP contribution in [0, 0.1) is 3.95 Å². The summed E-state index contributed by atoms with van der Waals surface area (Å²) in [7, 11) is -3.46. The van der Waals surface area contributed by atoms with Crippen LogP contribution in [0.2, 0.25) is 0 Å². The molecule has 0 amide bonds. The Kier molecular flexibility index (Phi) is 6.41. The van der Waals surface area contributed by atoms with Crippen molar-refractivity contribution < 1.29 is 8.42 Å². The first-order chi connectivity index (χ1) is 14.4. The highest BCUT2D eigenvalue weighted by atomic mass is 32.2. The average Bonchev–Trinajstić information content (AvgIpc) is 3.08. The monoisotopic (exact) mass is 461 g/mol. The summed E-state index contributed by atoms with van der Waals surface area (Å²) in [6.45, 7) is 7.36. The van der Waals surface area contributed by atoms with Gasteiger partial charge in [0.05, 0.1) is 21.8 Å². The molecule has 1 saturated heterocycles. The zero-order valence-corrected chi connectivity index (χ0v) is 19.8. The molecular formula is C22H27N3O2S3. The molecule has 0 saturated carbocycles. The molecule has 30 heavy (non-hydrogen) atoms. The molecule has 5 nitrogen and oxygen atoms in total. The maximum atomic E-state index is 13.1. The van der Waals surface area contributed by atoms with Gasteiger partial charge in [-0.2, -0.15) is 4.31 Å². The van der Waals surface area contributed by atoms with Crippen LogP contribution in [0.3, 0.4) is 0 Å². The van der Waals surface area contributed by atoms with Crippen molar-refractivity contribution >= 4 is 43.8 Å². The minimum Gasteiger partial charge on any atom is -0.309 e. The Bertz CT molecular complexity index is 1170. The van der Waals surface area contributed by atoms with Gasteiger partial charge < -0.3 is 4.57 Å². The molecule has 0 bridgehead atoms. The summed E-state index contributed by atoms with van der Waals surface area (Å²) in [5, 5.41) is 0. The SMILES string of the molecule is CC[C@@H](C)c1ccc(S(=O)(=O)N2CCN(Cn3c(=S)sc4ccccc43)CC2)cc1. The Labute approximate surface area is 187 Å². The van der Waals surface area contributed by atoms with Crippen LogP contribution in [0.5, 0.6) is 0 Å². The molecule has 3 aromatic rings. The van der Waals surface area contributed by atoms with Crippen molar-refractivity contribution in [2.75, 3.05) is 26.2 Å². The first kappa shape index (κ1) is 21.6. The van der Waals surface area contributed by atoms with Crippen LogP contribution in [0.15, 0.2) is 53.4 Å². The molecule has 160 valence electrons. The molecule has 1 atom stereocenters. The molecular weight excluding hydrogens is 434 g/mol. The van der Waals surface area contributed by atoms with E-state index in [1.165, 1.54) is 10.3 Å². The summed E-state index contributed by atoms with van der Waals surface area (Å²) in [5.41, 5.74) is 2.32. The number of hydrogen-bond acceptors (Lipinski definition) is 5. The van der Waals surface area contributed by atoms with Gasteiger partial charge in [0.1, 0.15) is 0 Å². The number of benzene rings is 2. The van der Waals surface area contributed by atoms with Gasteiger partial charge in [0.15, 0.2) is 3.95 Å². The predicted molar refractivity (Wildman–Crippen MR) is 126 cm³/mol. The number of fused-ring (bicyclic) bond motifs is 1. The van der Waals surface area contributed by atoms with E-state index in [1.807, 2.05) is 24.3 Å². The van der Waals surface area contributed by atoms with Gasteiger partial charge in [-0.1, -0.05) is 38.1 Å². The van der Waals surface area contributed by atoms with Gasteiger partial charge in [0.25, 0.3) is 0 Å². The van der Waals surface area contributed by atoms with E-state index in [-0.39, 0.29) is 0 Å². The van der Waals surface area contributed by atoms with Gasteiger partial charge in [-0.15, -0.1) is 11.3 Å². The van der Waals surface area contributed by atoms with Gasteiger partial charge in [0.2, 0.25) is 10.0 Å². The number of nitrogens with zero attached hydrogens (tertiary/aromatic N) is 3. The first-order valence-corrected chi connectivity index (χ1v) is 13.0. The van der Waals surface area contributed by atoms with Crippen molar-refractivity contribution in [1.82, 2.24) is 13.8 Å². The number of sulfonamides is 1. The van der Waals surface area contributed by atoms with Crippen molar-refractivity contribution in [3.8, 4) is 0 Å². The van der Waals surface area contributed by atoms with Crippen LogP contribution >= 0.6 is 23.6 Å². The van der Waals surface area contributed by atoms with E-state index in [2.05, 4.69) is 35.4 Å². The third kappa shape index (κ3) is 4.24. The Hall–Kier alpha value is -1.58. The zero-order chi connectivity index (χ0) is 21.3. The lowest BCUT2D eigenvalue weighted by molar-refractivity contribution is 0.154. The average molecular weight is 462 g/mol. The third-order valence-corrected chi connectivity index (χ3v) is 9.29. The molecule has 8 heteroatoms. The Morgan fingerprint density at radius 2 is 1.70 bits per heavy atom. The normalized spacial score (nSPS) is 17.4. The third-order valence-electron chi connectivity index (χ3n) is 5.95. The molecule has 1 aliphatic rings.